The Morgan fingerprint density at radius 2 is 2.06 bits per heavy atom. The van der Waals surface area contributed by atoms with Crippen molar-refractivity contribution in [3.63, 3.8) is 0 Å². The molecule has 86 valence electrons. The van der Waals surface area contributed by atoms with Gasteiger partial charge in [-0.25, -0.2) is 17.2 Å². The van der Waals surface area contributed by atoms with Gasteiger partial charge < -0.3 is 0 Å². The van der Waals surface area contributed by atoms with E-state index in [1.165, 1.54) is 6.92 Å². The van der Waals surface area contributed by atoms with Gasteiger partial charge in [0.1, 0.15) is 16.5 Å². The van der Waals surface area contributed by atoms with Gasteiger partial charge in [0.05, 0.1) is 17.7 Å². The van der Waals surface area contributed by atoms with Crippen molar-refractivity contribution in [1.82, 2.24) is 0 Å². The summed E-state index contributed by atoms with van der Waals surface area (Å²) >= 11 is 0. The molecule has 0 fully saturated rings. The Kier molecular flexibility index (Phi) is 3.60. The first-order chi connectivity index (χ1) is 7.39. The SMILES string of the molecule is CC(CC#N)S(=O)(=O)c1cc(F)ccc1F. The smallest absolute Gasteiger partial charge is 0.184 e. The highest BCUT2D eigenvalue weighted by Crippen LogP contribution is 2.21. The Morgan fingerprint density at radius 1 is 1.44 bits per heavy atom. The molecule has 0 aromatic heterocycles. The van der Waals surface area contributed by atoms with E-state index in [1.54, 1.807) is 6.07 Å². The van der Waals surface area contributed by atoms with Gasteiger partial charge >= 0.3 is 0 Å². The summed E-state index contributed by atoms with van der Waals surface area (Å²) in [5.74, 6) is -1.84. The summed E-state index contributed by atoms with van der Waals surface area (Å²) in [4.78, 5) is -0.699. The molecule has 1 aromatic rings. The lowest BCUT2D eigenvalue weighted by Gasteiger charge is -2.10. The normalized spacial score (nSPS) is 13.1. The van der Waals surface area contributed by atoms with Crippen molar-refractivity contribution in [2.24, 2.45) is 0 Å². The van der Waals surface area contributed by atoms with E-state index in [0.29, 0.717) is 6.07 Å². The van der Waals surface area contributed by atoms with E-state index < -0.39 is 31.6 Å². The Morgan fingerprint density at radius 3 is 2.62 bits per heavy atom. The van der Waals surface area contributed by atoms with Gasteiger partial charge in [-0.2, -0.15) is 5.26 Å². The number of benzene rings is 1. The number of nitriles is 1. The zero-order valence-corrected chi connectivity index (χ0v) is 9.26. The number of halogens is 2. The van der Waals surface area contributed by atoms with Crippen molar-refractivity contribution in [3.05, 3.63) is 29.8 Å². The molecule has 0 amide bonds. The van der Waals surface area contributed by atoms with Gasteiger partial charge in [-0.05, 0) is 25.1 Å². The lowest BCUT2D eigenvalue weighted by Crippen LogP contribution is -2.18. The predicted octanol–water partition coefficient (Wildman–Crippen LogP) is 2.04. The maximum Gasteiger partial charge on any atom is 0.184 e. The molecule has 1 unspecified atom stereocenters. The lowest BCUT2D eigenvalue weighted by atomic mass is 10.3. The zero-order chi connectivity index (χ0) is 12.3. The first kappa shape index (κ1) is 12.6. The van der Waals surface area contributed by atoms with E-state index in [2.05, 4.69) is 0 Å². The number of hydrogen-bond donors (Lipinski definition) is 0. The fourth-order valence-corrected chi connectivity index (χ4v) is 2.49. The molecule has 0 aliphatic heterocycles. The van der Waals surface area contributed by atoms with Crippen LogP contribution >= 0.6 is 0 Å². The van der Waals surface area contributed by atoms with Crippen molar-refractivity contribution in [1.29, 1.82) is 5.26 Å². The van der Waals surface area contributed by atoms with Gasteiger partial charge in [0.15, 0.2) is 9.84 Å². The predicted molar refractivity (Wildman–Crippen MR) is 53.2 cm³/mol. The number of rotatable bonds is 3. The minimum atomic E-state index is -3.99. The van der Waals surface area contributed by atoms with Crippen molar-refractivity contribution >= 4 is 9.84 Å². The lowest BCUT2D eigenvalue weighted by molar-refractivity contribution is 0.547. The third-order valence-electron chi connectivity index (χ3n) is 2.11. The van der Waals surface area contributed by atoms with E-state index in [9.17, 15) is 17.2 Å². The van der Waals surface area contributed by atoms with E-state index in [0.717, 1.165) is 12.1 Å². The van der Waals surface area contributed by atoms with Crippen LogP contribution in [0.4, 0.5) is 8.78 Å². The number of nitrogens with zero attached hydrogens (tertiary/aromatic N) is 1. The molecule has 0 radical (unpaired) electrons. The molecule has 0 saturated heterocycles. The molecule has 0 N–H and O–H groups in total. The topological polar surface area (TPSA) is 57.9 Å². The first-order valence-corrected chi connectivity index (χ1v) is 6.00. The summed E-state index contributed by atoms with van der Waals surface area (Å²) < 4.78 is 49.5. The Hall–Kier alpha value is -1.48. The van der Waals surface area contributed by atoms with Crippen LogP contribution in [0.1, 0.15) is 13.3 Å². The fraction of sp³-hybridized carbons (Fsp3) is 0.300. The zero-order valence-electron chi connectivity index (χ0n) is 8.44. The van der Waals surface area contributed by atoms with E-state index >= 15 is 0 Å². The molecular weight excluding hydrogens is 236 g/mol. The van der Waals surface area contributed by atoms with Gasteiger partial charge in [0.25, 0.3) is 0 Å². The summed E-state index contributed by atoms with van der Waals surface area (Å²) in [5, 5.41) is 7.33. The average molecular weight is 245 g/mol. The van der Waals surface area contributed by atoms with Crippen LogP contribution in [0.2, 0.25) is 0 Å². The van der Waals surface area contributed by atoms with Crippen LogP contribution < -0.4 is 0 Å². The van der Waals surface area contributed by atoms with Gasteiger partial charge in [-0.1, -0.05) is 0 Å². The van der Waals surface area contributed by atoms with Crippen LogP contribution in [0.15, 0.2) is 23.1 Å². The maximum atomic E-state index is 13.2. The van der Waals surface area contributed by atoms with Crippen molar-refractivity contribution < 1.29 is 17.2 Å². The molecule has 1 atom stereocenters. The third kappa shape index (κ3) is 2.36. The van der Waals surface area contributed by atoms with Gasteiger partial charge in [-0.3, -0.25) is 0 Å². The second kappa shape index (κ2) is 4.58. The molecule has 1 aromatic carbocycles. The van der Waals surface area contributed by atoms with Crippen LogP contribution in [0.5, 0.6) is 0 Å². The quantitative estimate of drug-likeness (QED) is 0.818. The molecule has 1 rings (SSSR count). The molecule has 0 heterocycles. The van der Waals surface area contributed by atoms with Crippen LogP contribution in [0, 0.1) is 23.0 Å². The summed E-state index contributed by atoms with van der Waals surface area (Å²) in [7, 11) is -3.99. The molecule has 0 bridgehead atoms. The average Bonchev–Trinajstić information content (AvgIpc) is 2.22. The van der Waals surface area contributed by atoms with Gasteiger partial charge in [0, 0.05) is 0 Å². The largest absolute Gasteiger partial charge is 0.223 e. The van der Waals surface area contributed by atoms with Crippen molar-refractivity contribution in [3.8, 4) is 6.07 Å². The maximum absolute atomic E-state index is 13.2. The minimum absolute atomic E-state index is 0.266. The monoisotopic (exact) mass is 245 g/mol. The van der Waals surface area contributed by atoms with E-state index in [1.807, 2.05) is 0 Å². The Labute approximate surface area is 92.2 Å². The van der Waals surface area contributed by atoms with Gasteiger partial charge in [-0.15, -0.1) is 0 Å². The first-order valence-electron chi connectivity index (χ1n) is 4.45. The fourth-order valence-electron chi connectivity index (χ4n) is 1.15. The Bertz CT molecular complexity index is 534. The summed E-state index contributed by atoms with van der Waals surface area (Å²) in [5.41, 5.74) is 0. The number of hydrogen-bond acceptors (Lipinski definition) is 3. The van der Waals surface area contributed by atoms with Gasteiger partial charge in [0.2, 0.25) is 0 Å². The molecule has 0 saturated carbocycles. The molecule has 0 aliphatic rings. The molecule has 0 aliphatic carbocycles. The number of sulfone groups is 1. The summed E-state index contributed by atoms with van der Waals surface area (Å²) in [6.07, 6.45) is -0.266. The van der Waals surface area contributed by atoms with Crippen molar-refractivity contribution in [2.45, 2.75) is 23.5 Å². The highest BCUT2D eigenvalue weighted by molar-refractivity contribution is 7.92. The second-order valence-corrected chi connectivity index (χ2v) is 5.63. The minimum Gasteiger partial charge on any atom is -0.223 e. The molecule has 0 spiro atoms. The van der Waals surface area contributed by atoms with E-state index in [-0.39, 0.29) is 6.42 Å². The second-order valence-electron chi connectivity index (χ2n) is 3.29. The van der Waals surface area contributed by atoms with E-state index in [4.69, 9.17) is 5.26 Å². The third-order valence-corrected chi connectivity index (χ3v) is 4.26. The van der Waals surface area contributed by atoms with Crippen LogP contribution in [-0.2, 0) is 9.84 Å². The highest BCUT2D eigenvalue weighted by Gasteiger charge is 2.26. The van der Waals surface area contributed by atoms with Crippen molar-refractivity contribution in [2.75, 3.05) is 0 Å². The standard InChI is InChI=1S/C10H9F2NO2S/c1-7(4-5-13)16(14,15)10-6-8(11)2-3-9(10)12/h2-3,6-7H,4H2,1H3. The molecule has 3 nitrogen and oxygen atoms in total. The summed E-state index contributed by atoms with van der Waals surface area (Å²) in [6.45, 7) is 1.28. The molecular formula is C10H9F2NO2S. The Balaban J connectivity index is 3.28. The van der Waals surface area contributed by atoms with Crippen LogP contribution in [0.3, 0.4) is 0 Å². The van der Waals surface area contributed by atoms with Crippen LogP contribution in [-0.4, -0.2) is 13.7 Å². The highest BCUT2D eigenvalue weighted by atomic mass is 32.2. The summed E-state index contributed by atoms with van der Waals surface area (Å²) in [6, 6.07) is 3.89. The van der Waals surface area contributed by atoms with Crippen LogP contribution in [0.25, 0.3) is 0 Å². The molecule has 6 heteroatoms. The molecule has 16 heavy (non-hydrogen) atoms.